The van der Waals surface area contributed by atoms with Crippen LogP contribution in [0.1, 0.15) is 23.8 Å². The van der Waals surface area contributed by atoms with E-state index in [1.807, 2.05) is 17.5 Å². The predicted octanol–water partition coefficient (Wildman–Crippen LogP) is 0.817. The lowest BCUT2D eigenvalue weighted by Gasteiger charge is -2.10. The molecule has 1 unspecified atom stereocenters. The number of hydrogen-bond donors (Lipinski definition) is 2. The quantitative estimate of drug-likeness (QED) is 0.583. The van der Waals surface area contributed by atoms with E-state index in [0.29, 0.717) is 19.4 Å². The fourth-order valence-electron chi connectivity index (χ4n) is 1.25. The van der Waals surface area contributed by atoms with Crippen molar-refractivity contribution in [3.05, 3.63) is 22.4 Å². The third kappa shape index (κ3) is 4.54. The zero-order chi connectivity index (χ0) is 12.7. The van der Waals surface area contributed by atoms with Crippen LogP contribution in [0.3, 0.4) is 0 Å². The number of carbonyl (C=O) groups is 2. The molecule has 3 N–H and O–H groups in total. The molecule has 0 aliphatic heterocycles. The van der Waals surface area contributed by atoms with Gasteiger partial charge in [-0.05, 0) is 17.9 Å². The van der Waals surface area contributed by atoms with Crippen molar-refractivity contribution in [1.29, 1.82) is 0 Å². The summed E-state index contributed by atoms with van der Waals surface area (Å²) in [5.74, 6) is -0.501. The van der Waals surface area contributed by atoms with E-state index in [9.17, 15) is 9.59 Å². The minimum atomic E-state index is -0.631. The molecule has 0 radical (unpaired) electrons. The van der Waals surface area contributed by atoms with Crippen molar-refractivity contribution >= 4 is 23.2 Å². The Morgan fingerprint density at radius 2 is 2.35 bits per heavy atom. The van der Waals surface area contributed by atoms with Crippen LogP contribution in [0.25, 0.3) is 0 Å². The Labute approximate surface area is 104 Å². The summed E-state index contributed by atoms with van der Waals surface area (Å²) >= 11 is 1.45. The molecule has 0 aliphatic carbocycles. The van der Waals surface area contributed by atoms with Crippen LogP contribution in [0.4, 0.5) is 0 Å². The Kier molecular flexibility index (Phi) is 5.65. The van der Waals surface area contributed by atoms with Gasteiger partial charge in [0, 0.05) is 17.8 Å². The van der Waals surface area contributed by atoms with Gasteiger partial charge in [-0.1, -0.05) is 6.07 Å². The van der Waals surface area contributed by atoms with E-state index in [1.165, 1.54) is 18.4 Å². The van der Waals surface area contributed by atoms with Crippen LogP contribution in [0, 0.1) is 0 Å². The number of thiophene rings is 1. The lowest BCUT2D eigenvalue weighted by molar-refractivity contribution is -0.140. The normalized spacial score (nSPS) is 11.9. The summed E-state index contributed by atoms with van der Waals surface area (Å²) in [6.07, 6.45) is 0.848. The molecule has 0 saturated carbocycles. The summed E-state index contributed by atoms with van der Waals surface area (Å²) in [6.45, 7) is 0.424. The monoisotopic (exact) mass is 256 g/mol. The molecule has 94 valence electrons. The fraction of sp³-hybridized carbons (Fsp3) is 0.455. The second-order valence-corrected chi connectivity index (χ2v) is 4.44. The number of carbonyl (C=O) groups excluding carboxylic acids is 2. The van der Waals surface area contributed by atoms with Gasteiger partial charge in [-0.15, -0.1) is 11.3 Å². The largest absolute Gasteiger partial charge is 0.469 e. The first-order valence-corrected chi connectivity index (χ1v) is 6.16. The maximum absolute atomic E-state index is 11.6. The first-order valence-electron chi connectivity index (χ1n) is 5.28. The number of amides is 1. The van der Waals surface area contributed by atoms with Gasteiger partial charge < -0.3 is 15.8 Å². The Morgan fingerprint density at radius 3 is 2.94 bits per heavy atom. The standard InChI is InChI=1S/C11H16N2O3S/c1-16-9(14)5-2-6-13-11(15)10(12)8-4-3-7-17-8/h3-4,7,10H,2,5-6,12H2,1H3,(H,13,15). The summed E-state index contributed by atoms with van der Waals surface area (Å²) in [5, 5.41) is 4.56. The molecule has 0 saturated heterocycles. The summed E-state index contributed by atoms with van der Waals surface area (Å²) in [4.78, 5) is 23.3. The van der Waals surface area contributed by atoms with Crippen LogP contribution in [0.5, 0.6) is 0 Å². The van der Waals surface area contributed by atoms with Crippen LogP contribution >= 0.6 is 11.3 Å². The zero-order valence-corrected chi connectivity index (χ0v) is 10.5. The molecule has 0 bridgehead atoms. The average Bonchev–Trinajstić information content (AvgIpc) is 2.86. The van der Waals surface area contributed by atoms with Gasteiger partial charge in [0.15, 0.2) is 0 Å². The summed E-state index contributed by atoms with van der Waals surface area (Å²) in [7, 11) is 1.34. The van der Waals surface area contributed by atoms with E-state index in [-0.39, 0.29) is 11.9 Å². The highest BCUT2D eigenvalue weighted by Gasteiger charge is 2.15. The number of nitrogens with one attached hydrogen (secondary N) is 1. The summed E-state index contributed by atoms with van der Waals surface area (Å²) < 4.78 is 4.49. The van der Waals surface area contributed by atoms with Crippen LogP contribution in [0.2, 0.25) is 0 Å². The van der Waals surface area contributed by atoms with Gasteiger partial charge in [0.25, 0.3) is 0 Å². The van der Waals surface area contributed by atoms with Crippen molar-refractivity contribution in [1.82, 2.24) is 5.32 Å². The Morgan fingerprint density at radius 1 is 1.59 bits per heavy atom. The molecule has 17 heavy (non-hydrogen) atoms. The van der Waals surface area contributed by atoms with Crippen LogP contribution < -0.4 is 11.1 Å². The molecule has 5 nitrogen and oxygen atoms in total. The van der Waals surface area contributed by atoms with Gasteiger partial charge in [0.2, 0.25) is 5.91 Å². The van der Waals surface area contributed by atoms with Gasteiger partial charge >= 0.3 is 5.97 Å². The van der Waals surface area contributed by atoms with Gasteiger partial charge in [0.05, 0.1) is 7.11 Å². The second-order valence-electron chi connectivity index (χ2n) is 3.46. The maximum Gasteiger partial charge on any atom is 0.305 e. The van der Waals surface area contributed by atoms with Crippen LogP contribution in [0.15, 0.2) is 17.5 Å². The minimum Gasteiger partial charge on any atom is -0.469 e. The van der Waals surface area contributed by atoms with E-state index in [4.69, 9.17) is 5.73 Å². The summed E-state index contributed by atoms with van der Waals surface area (Å²) in [6, 6.07) is 3.04. The molecule has 1 aromatic rings. The SMILES string of the molecule is COC(=O)CCCNC(=O)C(N)c1cccs1. The van der Waals surface area contributed by atoms with E-state index in [2.05, 4.69) is 10.1 Å². The van der Waals surface area contributed by atoms with Crippen molar-refractivity contribution in [3.63, 3.8) is 0 Å². The van der Waals surface area contributed by atoms with Crippen LogP contribution in [-0.4, -0.2) is 25.5 Å². The van der Waals surface area contributed by atoms with Gasteiger partial charge in [-0.3, -0.25) is 9.59 Å². The Bertz CT molecular complexity index is 365. The van der Waals surface area contributed by atoms with Crippen molar-refractivity contribution in [2.24, 2.45) is 5.73 Å². The zero-order valence-electron chi connectivity index (χ0n) is 9.64. The molecular weight excluding hydrogens is 240 g/mol. The number of esters is 1. The van der Waals surface area contributed by atoms with Crippen molar-refractivity contribution in [2.45, 2.75) is 18.9 Å². The molecule has 1 amide bonds. The molecule has 1 atom stereocenters. The Hall–Kier alpha value is -1.40. The van der Waals surface area contributed by atoms with E-state index in [1.54, 1.807) is 0 Å². The third-order valence-electron chi connectivity index (χ3n) is 2.22. The Balaban J connectivity index is 2.23. The average molecular weight is 256 g/mol. The number of ether oxygens (including phenoxy) is 1. The number of nitrogens with two attached hydrogens (primary N) is 1. The molecule has 6 heteroatoms. The summed E-state index contributed by atoms with van der Waals surface area (Å²) in [5.41, 5.74) is 5.76. The highest BCUT2D eigenvalue weighted by Crippen LogP contribution is 2.16. The van der Waals surface area contributed by atoms with Gasteiger partial charge in [-0.2, -0.15) is 0 Å². The van der Waals surface area contributed by atoms with Crippen molar-refractivity contribution in [3.8, 4) is 0 Å². The van der Waals surface area contributed by atoms with E-state index < -0.39 is 6.04 Å². The lowest BCUT2D eigenvalue weighted by Crippen LogP contribution is -2.34. The predicted molar refractivity (Wildman–Crippen MR) is 65.5 cm³/mol. The number of hydrogen-bond acceptors (Lipinski definition) is 5. The minimum absolute atomic E-state index is 0.225. The smallest absolute Gasteiger partial charge is 0.305 e. The third-order valence-corrected chi connectivity index (χ3v) is 3.17. The topological polar surface area (TPSA) is 81.4 Å². The number of methoxy groups -OCH3 is 1. The van der Waals surface area contributed by atoms with Crippen molar-refractivity contribution < 1.29 is 14.3 Å². The van der Waals surface area contributed by atoms with Gasteiger partial charge in [0.1, 0.15) is 6.04 Å². The lowest BCUT2D eigenvalue weighted by atomic mass is 10.2. The second kappa shape index (κ2) is 7.03. The van der Waals surface area contributed by atoms with Crippen LogP contribution in [-0.2, 0) is 14.3 Å². The fourth-order valence-corrected chi connectivity index (χ4v) is 1.98. The molecule has 0 aliphatic rings. The molecule has 1 heterocycles. The van der Waals surface area contributed by atoms with E-state index >= 15 is 0 Å². The molecule has 0 fully saturated rings. The molecule has 1 rings (SSSR count). The highest BCUT2D eigenvalue weighted by atomic mass is 32.1. The van der Waals surface area contributed by atoms with Gasteiger partial charge in [-0.25, -0.2) is 0 Å². The molecule has 1 aromatic heterocycles. The first-order chi connectivity index (χ1) is 8.15. The first kappa shape index (κ1) is 13.7. The van der Waals surface area contributed by atoms with Crippen molar-refractivity contribution in [2.75, 3.05) is 13.7 Å². The molecule has 0 aromatic carbocycles. The van der Waals surface area contributed by atoms with E-state index in [0.717, 1.165) is 4.88 Å². The highest BCUT2D eigenvalue weighted by molar-refractivity contribution is 7.10. The number of rotatable bonds is 6. The molecular formula is C11H16N2O3S. The maximum atomic E-state index is 11.6. The molecule has 0 spiro atoms.